The van der Waals surface area contributed by atoms with Crippen LogP contribution in [-0.4, -0.2) is 163 Å². The molecule has 0 spiro atoms. The minimum Gasteiger partial charge on any atom is -0.748 e. The van der Waals surface area contributed by atoms with Gasteiger partial charge in [0.1, 0.15) is 78.4 Å². The molecular weight excluding hydrogens is 2060 g/mol. The molecule has 686 valence electrons. The molecule has 0 bridgehead atoms. The Morgan fingerprint density at radius 2 is 0.915 bits per heavy atom. The number of nitrogens with two attached hydrogens (primary N) is 1. The minimum atomic E-state index is -4.19. The molecule has 0 aliphatic carbocycles. The molecule has 0 amide bonds. The predicted octanol–water partition coefficient (Wildman–Crippen LogP) is 3.66. The molecule has 0 aliphatic rings. The molecule has 130 heavy (non-hydrogen) atoms. The first kappa shape index (κ1) is 139. The molecule has 1 aromatic heterocycles. The molecule has 1 heterocycles. The number of sulfone groups is 1. The van der Waals surface area contributed by atoms with E-state index < -0.39 is 93.6 Å². The van der Waals surface area contributed by atoms with Crippen LogP contribution in [0.1, 0.15) is 126 Å². The van der Waals surface area contributed by atoms with Gasteiger partial charge in [0.05, 0.1) is 137 Å². The molecule has 0 fully saturated rings. The zero-order valence-electron chi connectivity index (χ0n) is 70.5. The SMILES string of the molecule is CC(=O)O.COCC(C)N.COCC(C)NS(=O)(=O)CCCS(=O)(=O)c1cccc(C#N)c1C#N.C[c-]1oo1.N#Cc1cccc(SCCCS(=O)(=O)Cl)c1C#N.N#Cc1cccc(SCCCS(=O)(=O)[O-])c1C#N.N#Cc1cccc([N+](=O)[O-])c1C#N.N#Cc1ccccc1C#N.O=P(Cl)(Cl)Cl.O=S(=O)([O-])CCCS.[CH2-]CCS(=O)c1cccc(C#N)c1C#N.[Cu+].[Na+].[Na+].[Na+]. The van der Waals surface area contributed by atoms with E-state index in [-0.39, 0.29) is 198 Å². The van der Waals surface area contributed by atoms with E-state index in [1.54, 1.807) is 124 Å². The van der Waals surface area contributed by atoms with Crippen LogP contribution in [0.5, 0.6) is 0 Å². The Morgan fingerprint density at radius 3 is 1.23 bits per heavy atom. The average Bonchev–Trinajstić information content (AvgIpc) is 1.55. The molecule has 7 rings (SSSR count). The molecule has 7 aromatic rings. The van der Waals surface area contributed by atoms with Crippen LogP contribution in [0.2, 0.25) is 0 Å². The summed E-state index contributed by atoms with van der Waals surface area (Å²) < 4.78 is 172. The summed E-state index contributed by atoms with van der Waals surface area (Å²) in [5, 5.41) is 120. The summed E-state index contributed by atoms with van der Waals surface area (Å²) in [6, 6.07) is 51.4. The van der Waals surface area contributed by atoms with Crippen molar-refractivity contribution in [1.29, 1.82) is 63.1 Å². The Kier molecular flexibility index (Phi) is 82.6. The number of nitriles is 12. The minimum absolute atomic E-state index is 0. The van der Waals surface area contributed by atoms with Gasteiger partial charge in [-0.25, -0.2) is 46.8 Å². The third-order valence-corrected chi connectivity index (χ3v) is 23.4. The van der Waals surface area contributed by atoms with Gasteiger partial charge in [-0.1, -0.05) is 42.5 Å². The van der Waals surface area contributed by atoms with Gasteiger partial charge in [0.2, 0.25) is 19.1 Å². The number of nitro groups is 1. The standard InChI is InChI=1S/C15H19N3O5S2.C11H9ClN2O2S2.C11H10N2O3S2.C11H9N2OS.C8H3N3O2.C8H4N2.C4H11NO.C3H8O3S2.C2H3O2.C2H4O2.Cl3OP.Cu.3Na/c1-12(11-23-2)18-25(21,22)8-4-7-24(19,20)15-6-3-5-13(9-16)14(15)10-17;12-18(15,16)6-2-5-17-11-4-1-3-9(7-13)10(11)8-14;12-7-9-3-1-4-11(10(9)8-13)17-5-2-6-18(14,15)16;1-2-6-15(14)11-5-3-4-9(7-12)10(11)8-13;9-4-6-2-1-3-8(11(12)13)7(6)5-10;9-5-7-3-1-2-4-8(7)6-10;1-4(5)3-6-2;4-8(5,6)3-1-2-7;1-2-3-4-2;1-2(3)4;1-5(2,3)4;;;;/h3,5-6,12,18H,4,7-8,11H2,1-2H3;1,3-4H,2,5-6H2;1,3-4H,2,5-6H2,(H,14,15,16);3-5H,1-2,6H2;1-3H;1-4H;4H,3,5H2,1-2H3;7H,1-3H2,(H,4,5,6);1H3;1H3,(H,3,4);;;;;/q;;;-1;;;;;-1;;;4*+1/p-2. The molecule has 0 saturated heterocycles. The number of carbonyl (C=O) groups is 1. The first-order valence-electron chi connectivity index (χ1n) is 34.5. The monoisotopic (exact) mass is 2130 g/mol. The van der Waals surface area contributed by atoms with E-state index in [4.69, 9.17) is 94.2 Å². The Morgan fingerprint density at radius 1 is 0.577 bits per heavy atom. The number of benzene rings is 6. The van der Waals surface area contributed by atoms with Crippen molar-refractivity contribution in [3.63, 3.8) is 0 Å². The fourth-order valence-electron chi connectivity index (χ4n) is 8.05. The number of carboxylic acids is 1. The number of thioether (sulfide) groups is 2. The largest absolute Gasteiger partial charge is 1.00 e. The molecule has 0 radical (unpaired) electrons. The topological polar surface area (TPSA) is 700 Å². The number of nitrogens with one attached hydrogen (secondary N) is 1. The van der Waals surface area contributed by atoms with Crippen molar-refractivity contribution in [2.24, 2.45) is 5.73 Å². The number of nitro benzene ring substituents is 1. The van der Waals surface area contributed by atoms with E-state index in [0.717, 1.165) is 6.92 Å². The third-order valence-electron chi connectivity index (χ3n) is 13.0. The van der Waals surface area contributed by atoms with Gasteiger partial charge < -0.3 is 45.5 Å². The fourth-order valence-corrected chi connectivity index (χ4v) is 16.7. The second kappa shape index (κ2) is 77.5. The maximum atomic E-state index is 12.4. The molecule has 37 nitrogen and oxygen atoms in total. The van der Waals surface area contributed by atoms with Crippen LogP contribution in [0.3, 0.4) is 0 Å². The summed E-state index contributed by atoms with van der Waals surface area (Å²) in [7, 11) is -12.2. The van der Waals surface area contributed by atoms with Crippen molar-refractivity contribution in [2.75, 3.05) is 79.2 Å². The molecule has 3 atom stereocenters. The van der Waals surface area contributed by atoms with Crippen LogP contribution in [0.15, 0.2) is 144 Å². The van der Waals surface area contributed by atoms with E-state index in [9.17, 15) is 70.1 Å². The van der Waals surface area contributed by atoms with Crippen molar-refractivity contribution in [1.82, 2.24) is 4.72 Å². The summed E-state index contributed by atoms with van der Waals surface area (Å²) in [4.78, 5) is 20.2. The molecular formula is C75H78Cl4CuN15Na3O22PS9. The fraction of sp³-hybridized carbons (Fsp3) is 0.320. The van der Waals surface area contributed by atoms with Crippen LogP contribution in [0.25, 0.3) is 0 Å². The quantitative estimate of drug-likeness (QED) is 0.00464. The van der Waals surface area contributed by atoms with Crippen molar-refractivity contribution in [2.45, 2.75) is 91.5 Å². The van der Waals surface area contributed by atoms with Gasteiger partial charge in [-0.3, -0.25) is 23.7 Å². The number of hydrogen-bond acceptors (Lipinski definition) is 37. The van der Waals surface area contributed by atoms with Gasteiger partial charge in [0.15, 0.2) is 9.84 Å². The first-order valence-corrected chi connectivity index (χ1v) is 51.7. The van der Waals surface area contributed by atoms with Gasteiger partial charge in [0.25, 0.3) is 11.7 Å². The van der Waals surface area contributed by atoms with Gasteiger partial charge in [-0.2, -0.15) is 82.2 Å². The van der Waals surface area contributed by atoms with Crippen molar-refractivity contribution >= 4 is 157 Å². The molecule has 6 aromatic carbocycles. The van der Waals surface area contributed by atoms with E-state index in [1.165, 1.54) is 67.0 Å². The maximum Gasteiger partial charge on any atom is 1.00 e. The van der Waals surface area contributed by atoms with Gasteiger partial charge in [-0.05, 0) is 157 Å². The molecule has 4 N–H and O–H groups in total. The molecule has 3 unspecified atom stereocenters. The summed E-state index contributed by atoms with van der Waals surface area (Å²) in [5.74, 6) is -0.0144. The van der Waals surface area contributed by atoms with Crippen molar-refractivity contribution in [3.8, 4) is 72.8 Å². The van der Waals surface area contributed by atoms with Gasteiger partial charge in [0, 0.05) is 83.0 Å². The van der Waals surface area contributed by atoms with Crippen LogP contribution in [0.4, 0.5) is 5.69 Å². The summed E-state index contributed by atoms with van der Waals surface area (Å²) in [5.41, 5.74) is 7.12. The number of halogens is 4. The number of aryl methyl sites for hydroxylation is 1. The number of hydrogen-bond donors (Lipinski definition) is 4. The third kappa shape index (κ3) is 69.9. The number of ether oxygens (including phenoxy) is 2. The van der Waals surface area contributed by atoms with Crippen LogP contribution in [-0.2, 0) is 95.8 Å². The Labute approximate surface area is 868 Å². The zero-order valence-corrected chi connectivity index (χ0v) is 88.8. The number of aliphatic carboxylic acids is 1. The number of carboxylic acid groups (broad SMARTS) is 1. The van der Waals surface area contributed by atoms with Crippen LogP contribution >= 0.6 is 85.8 Å². The van der Waals surface area contributed by atoms with Gasteiger partial charge in [-0.15, -0.1) is 30.4 Å². The molecule has 0 saturated carbocycles. The van der Waals surface area contributed by atoms with Crippen molar-refractivity contribution in [3.05, 3.63) is 205 Å². The number of sulfonamides is 1. The number of methoxy groups -OCH3 is 2. The smallest absolute Gasteiger partial charge is 0.748 e. The molecule has 0 aliphatic heterocycles. The second-order valence-corrected chi connectivity index (χ2v) is 44.0. The Balaban J connectivity index is -0.000000217. The van der Waals surface area contributed by atoms with Gasteiger partial charge >= 0.3 is 111 Å². The second-order valence-electron chi connectivity index (χ2n) is 23.2. The Bertz CT molecular complexity index is 5780. The zero-order chi connectivity index (χ0) is 97.5. The van der Waals surface area contributed by atoms with E-state index in [1.807, 2.05) is 55.5 Å². The number of thiol groups is 1. The number of nitrogens with zero attached hydrogens (tertiary/aromatic N) is 13. The normalized spacial score (nSPS) is 10.5. The van der Waals surface area contributed by atoms with E-state index in [0.29, 0.717) is 97.3 Å². The predicted molar refractivity (Wildman–Crippen MR) is 471 cm³/mol. The van der Waals surface area contributed by atoms with E-state index >= 15 is 0 Å². The number of rotatable bonds is 28. The van der Waals surface area contributed by atoms with Crippen LogP contribution < -0.4 is 99.1 Å². The van der Waals surface area contributed by atoms with E-state index in [2.05, 4.69) is 71.9 Å². The molecule has 55 heteroatoms. The average molecular weight is 2140 g/mol. The summed E-state index contributed by atoms with van der Waals surface area (Å²) in [6.45, 7) is 10.8. The first-order chi connectivity index (χ1) is 58.9. The maximum absolute atomic E-state index is 12.4. The van der Waals surface area contributed by atoms with Crippen molar-refractivity contribution < 1.29 is 199 Å². The van der Waals surface area contributed by atoms with Crippen LogP contribution in [0, 0.1) is 160 Å². The Hall–Kier alpha value is -6.84. The summed E-state index contributed by atoms with van der Waals surface area (Å²) >= 11 is 20.2. The summed E-state index contributed by atoms with van der Waals surface area (Å²) in [6.07, 6.45) is 1.36.